The molecule has 17 heavy (non-hydrogen) atoms. The van der Waals surface area contributed by atoms with Crippen LogP contribution >= 0.6 is 27.3 Å². The first-order valence-electron chi connectivity index (χ1n) is 6.62. The molecular formula is C14H24BrNS. The van der Waals surface area contributed by atoms with Gasteiger partial charge in [0, 0.05) is 9.35 Å². The quantitative estimate of drug-likeness (QED) is 0.641. The predicted molar refractivity (Wildman–Crippen MR) is 81.9 cm³/mol. The molecule has 3 heteroatoms. The van der Waals surface area contributed by atoms with E-state index in [2.05, 4.69) is 46.5 Å². The first-order chi connectivity index (χ1) is 8.20. The Kier molecular flexibility index (Phi) is 8.15. The van der Waals surface area contributed by atoms with Gasteiger partial charge in [-0.2, -0.15) is 0 Å². The Morgan fingerprint density at radius 2 is 2.00 bits per heavy atom. The van der Waals surface area contributed by atoms with Crippen molar-refractivity contribution in [3.8, 4) is 0 Å². The van der Waals surface area contributed by atoms with Crippen LogP contribution in [0.1, 0.15) is 44.4 Å². The SMILES string of the molecule is CC(C)CNCCCCCCc1sccc1Br. The summed E-state index contributed by atoms with van der Waals surface area (Å²) in [6.07, 6.45) is 6.58. The second-order valence-electron chi connectivity index (χ2n) is 4.95. The fourth-order valence-electron chi connectivity index (χ4n) is 1.78. The van der Waals surface area contributed by atoms with E-state index in [0.29, 0.717) is 0 Å². The smallest absolute Gasteiger partial charge is 0.0314 e. The van der Waals surface area contributed by atoms with Crippen LogP contribution in [-0.4, -0.2) is 13.1 Å². The number of hydrogen-bond donors (Lipinski definition) is 1. The van der Waals surface area contributed by atoms with Crippen molar-refractivity contribution in [2.24, 2.45) is 5.92 Å². The van der Waals surface area contributed by atoms with E-state index in [1.165, 1.54) is 48.0 Å². The fraction of sp³-hybridized carbons (Fsp3) is 0.714. The second-order valence-corrected chi connectivity index (χ2v) is 6.81. The van der Waals surface area contributed by atoms with Crippen molar-refractivity contribution in [1.82, 2.24) is 5.32 Å². The summed E-state index contributed by atoms with van der Waals surface area (Å²) in [5.41, 5.74) is 0. The van der Waals surface area contributed by atoms with Gasteiger partial charge in [-0.3, -0.25) is 0 Å². The van der Waals surface area contributed by atoms with Crippen LogP contribution in [0.25, 0.3) is 0 Å². The van der Waals surface area contributed by atoms with E-state index in [4.69, 9.17) is 0 Å². The molecule has 0 spiro atoms. The number of rotatable bonds is 9. The zero-order chi connectivity index (χ0) is 12.5. The average molecular weight is 318 g/mol. The van der Waals surface area contributed by atoms with Crippen molar-refractivity contribution in [2.75, 3.05) is 13.1 Å². The molecule has 1 heterocycles. The molecule has 0 aromatic carbocycles. The zero-order valence-corrected chi connectivity index (χ0v) is 13.4. The van der Waals surface area contributed by atoms with Gasteiger partial charge >= 0.3 is 0 Å². The summed E-state index contributed by atoms with van der Waals surface area (Å²) in [5, 5.41) is 5.65. The molecule has 0 saturated carbocycles. The lowest BCUT2D eigenvalue weighted by atomic mass is 10.1. The summed E-state index contributed by atoms with van der Waals surface area (Å²) >= 11 is 5.45. The van der Waals surface area contributed by atoms with Crippen LogP contribution in [0.2, 0.25) is 0 Å². The Bertz CT molecular complexity index is 296. The van der Waals surface area contributed by atoms with Gasteiger partial charge in [-0.05, 0) is 65.6 Å². The summed E-state index contributed by atoms with van der Waals surface area (Å²) in [5.74, 6) is 0.770. The Labute approximate surface area is 118 Å². The average Bonchev–Trinajstić information content (AvgIpc) is 2.68. The summed E-state index contributed by atoms with van der Waals surface area (Å²) in [6, 6.07) is 2.15. The number of halogens is 1. The van der Waals surface area contributed by atoms with E-state index in [9.17, 15) is 0 Å². The lowest BCUT2D eigenvalue weighted by Crippen LogP contribution is -2.20. The van der Waals surface area contributed by atoms with E-state index < -0.39 is 0 Å². The van der Waals surface area contributed by atoms with Crippen LogP contribution in [0.3, 0.4) is 0 Å². The van der Waals surface area contributed by atoms with Gasteiger partial charge in [-0.25, -0.2) is 0 Å². The molecule has 0 radical (unpaired) electrons. The number of thiophene rings is 1. The van der Waals surface area contributed by atoms with Gasteiger partial charge in [0.2, 0.25) is 0 Å². The first-order valence-corrected chi connectivity index (χ1v) is 8.30. The highest BCUT2D eigenvalue weighted by Gasteiger charge is 2.00. The Hall–Kier alpha value is 0.140. The molecule has 0 fully saturated rings. The molecule has 0 aliphatic carbocycles. The molecule has 1 aromatic heterocycles. The topological polar surface area (TPSA) is 12.0 Å². The summed E-state index contributed by atoms with van der Waals surface area (Å²) in [7, 11) is 0. The minimum atomic E-state index is 0.770. The summed E-state index contributed by atoms with van der Waals surface area (Å²) < 4.78 is 1.29. The molecule has 0 aliphatic heterocycles. The molecule has 0 aliphatic rings. The number of hydrogen-bond acceptors (Lipinski definition) is 2. The molecule has 0 bridgehead atoms. The van der Waals surface area contributed by atoms with Crippen molar-refractivity contribution in [3.63, 3.8) is 0 Å². The van der Waals surface area contributed by atoms with E-state index in [1.54, 1.807) is 0 Å². The van der Waals surface area contributed by atoms with Gasteiger partial charge in [0.05, 0.1) is 0 Å². The zero-order valence-electron chi connectivity index (χ0n) is 11.0. The summed E-state index contributed by atoms with van der Waals surface area (Å²) in [6.45, 7) is 6.85. The summed E-state index contributed by atoms with van der Waals surface area (Å²) in [4.78, 5) is 1.50. The maximum absolute atomic E-state index is 3.58. The van der Waals surface area contributed by atoms with E-state index >= 15 is 0 Å². The molecule has 0 amide bonds. The van der Waals surface area contributed by atoms with E-state index in [-0.39, 0.29) is 0 Å². The van der Waals surface area contributed by atoms with Crippen LogP contribution < -0.4 is 5.32 Å². The molecule has 1 aromatic rings. The number of aryl methyl sites for hydroxylation is 1. The largest absolute Gasteiger partial charge is 0.316 e. The highest BCUT2D eigenvalue weighted by atomic mass is 79.9. The third-order valence-corrected chi connectivity index (χ3v) is 4.74. The third-order valence-electron chi connectivity index (χ3n) is 2.75. The lowest BCUT2D eigenvalue weighted by molar-refractivity contribution is 0.526. The highest BCUT2D eigenvalue weighted by Crippen LogP contribution is 2.24. The first kappa shape index (κ1) is 15.2. The number of nitrogens with one attached hydrogen (secondary N) is 1. The standard InChI is InChI=1S/C14H24BrNS/c1-12(2)11-16-9-6-4-3-5-7-14-13(15)8-10-17-14/h8,10,12,16H,3-7,9,11H2,1-2H3. The number of unbranched alkanes of at least 4 members (excludes halogenated alkanes) is 3. The van der Waals surface area contributed by atoms with Crippen molar-refractivity contribution in [3.05, 3.63) is 20.8 Å². The molecule has 0 atom stereocenters. The van der Waals surface area contributed by atoms with Crippen molar-refractivity contribution >= 4 is 27.3 Å². The molecule has 98 valence electrons. The molecule has 1 rings (SSSR count). The van der Waals surface area contributed by atoms with Gasteiger partial charge in [0.1, 0.15) is 0 Å². The van der Waals surface area contributed by atoms with Crippen molar-refractivity contribution in [2.45, 2.75) is 46.0 Å². The van der Waals surface area contributed by atoms with Gasteiger partial charge in [-0.15, -0.1) is 11.3 Å². The molecular weight excluding hydrogens is 294 g/mol. The minimum absolute atomic E-state index is 0.770. The molecule has 0 saturated heterocycles. The van der Waals surface area contributed by atoms with Crippen LogP contribution in [0.5, 0.6) is 0 Å². The molecule has 0 unspecified atom stereocenters. The fourth-order valence-corrected chi connectivity index (χ4v) is 3.38. The van der Waals surface area contributed by atoms with Crippen LogP contribution in [0.15, 0.2) is 15.9 Å². The molecule has 1 nitrogen and oxygen atoms in total. The van der Waals surface area contributed by atoms with Crippen LogP contribution in [0, 0.1) is 5.92 Å². The van der Waals surface area contributed by atoms with E-state index in [0.717, 1.165) is 12.5 Å². The van der Waals surface area contributed by atoms with E-state index in [1.807, 2.05) is 11.3 Å². The molecule has 1 N–H and O–H groups in total. The second kappa shape index (κ2) is 9.12. The lowest BCUT2D eigenvalue weighted by Gasteiger charge is -2.06. The predicted octanol–water partition coefficient (Wildman–Crippen LogP) is 4.86. The Morgan fingerprint density at radius 1 is 1.24 bits per heavy atom. The maximum atomic E-state index is 3.58. The third kappa shape index (κ3) is 7.22. The van der Waals surface area contributed by atoms with Gasteiger partial charge in [0.15, 0.2) is 0 Å². The highest BCUT2D eigenvalue weighted by molar-refractivity contribution is 9.10. The Morgan fingerprint density at radius 3 is 2.65 bits per heavy atom. The Balaban J connectivity index is 1.90. The minimum Gasteiger partial charge on any atom is -0.316 e. The van der Waals surface area contributed by atoms with Crippen LogP contribution in [0.4, 0.5) is 0 Å². The van der Waals surface area contributed by atoms with Crippen molar-refractivity contribution < 1.29 is 0 Å². The normalized spacial score (nSPS) is 11.3. The van der Waals surface area contributed by atoms with Crippen molar-refractivity contribution in [1.29, 1.82) is 0 Å². The monoisotopic (exact) mass is 317 g/mol. The van der Waals surface area contributed by atoms with Gasteiger partial charge < -0.3 is 5.32 Å². The van der Waals surface area contributed by atoms with Gasteiger partial charge in [0.25, 0.3) is 0 Å². The van der Waals surface area contributed by atoms with Crippen LogP contribution in [-0.2, 0) is 6.42 Å². The maximum Gasteiger partial charge on any atom is 0.0314 e. The van der Waals surface area contributed by atoms with Gasteiger partial charge in [-0.1, -0.05) is 26.7 Å².